The summed E-state index contributed by atoms with van der Waals surface area (Å²) in [6, 6.07) is 83.4. The molecule has 10 aromatic carbocycles. The summed E-state index contributed by atoms with van der Waals surface area (Å²) in [6.45, 7) is 4.92. The van der Waals surface area contributed by atoms with Gasteiger partial charge in [0.1, 0.15) is 0 Å². The maximum Gasteiger partial charge on any atom is 0.247 e. The largest absolute Gasteiger partial charge is 0.310 e. The Bertz CT molecular complexity index is 4180. The number of nitrogens with zero attached hydrogens (tertiary/aromatic N) is 4. The summed E-state index contributed by atoms with van der Waals surface area (Å²) in [6.07, 6.45) is 0. The number of fused-ring (bicyclic) bond motifs is 16. The molecule has 0 atom stereocenters. The zero-order chi connectivity index (χ0) is 44.8. The van der Waals surface area contributed by atoms with E-state index in [9.17, 15) is 0 Å². The lowest BCUT2D eigenvalue weighted by Gasteiger charge is -2.43. The van der Waals surface area contributed by atoms with Gasteiger partial charge in [0.25, 0.3) is 0 Å². The van der Waals surface area contributed by atoms with E-state index in [-0.39, 0.29) is 12.1 Å². The molecule has 13 aromatic rings. The Balaban J connectivity index is 1.23. The van der Waals surface area contributed by atoms with E-state index in [4.69, 9.17) is 0 Å². The SMILES string of the molecule is CC1(C)c2ccccc2B2c3c(cc(N(c4ccccc4)c4ccccc4)cc31)-n1c3c2cccc3c2c3c(c4ccccc4n3-c3ccccc3)c3c(c4ccccc4n3-c3ccccc3)c21. The number of aromatic nitrogens is 3. The second-order valence-electron chi connectivity index (χ2n) is 19.2. The summed E-state index contributed by atoms with van der Waals surface area (Å²) in [5.41, 5.74) is 20.8. The van der Waals surface area contributed by atoms with Crippen molar-refractivity contribution < 1.29 is 0 Å². The Morgan fingerprint density at radius 3 is 1.41 bits per heavy atom. The average molecular weight is 867 g/mol. The lowest BCUT2D eigenvalue weighted by Crippen LogP contribution is -2.63. The third-order valence-electron chi connectivity index (χ3n) is 15.4. The van der Waals surface area contributed by atoms with Crippen molar-refractivity contribution in [2.45, 2.75) is 19.3 Å². The van der Waals surface area contributed by atoms with Crippen LogP contribution in [0.3, 0.4) is 0 Å². The predicted octanol–water partition coefficient (Wildman–Crippen LogP) is 13.9. The van der Waals surface area contributed by atoms with Gasteiger partial charge in [0.05, 0.1) is 27.6 Å². The van der Waals surface area contributed by atoms with Gasteiger partial charge in [-0.05, 0) is 94.8 Å². The van der Waals surface area contributed by atoms with Crippen molar-refractivity contribution in [1.82, 2.24) is 13.7 Å². The quantitative estimate of drug-likeness (QED) is 0.158. The van der Waals surface area contributed by atoms with Crippen molar-refractivity contribution in [3.05, 3.63) is 236 Å². The Hall–Kier alpha value is -8.54. The summed E-state index contributed by atoms with van der Waals surface area (Å²) in [7, 11) is 0. The van der Waals surface area contributed by atoms with Crippen LogP contribution in [0, 0.1) is 0 Å². The maximum atomic E-state index is 2.72. The van der Waals surface area contributed by atoms with E-state index in [1.165, 1.54) is 98.6 Å². The molecule has 4 nitrogen and oxygen atoms in total. The van der Waals surface area contributed by atoms with Crippen LogP contribution >= 0.6 is 0 Å². The van der Waals surface area contributed by atoms with Gasteiger partial charge in [-0.25, -0.2) is 0 Å². The third kappa shape index (κ3) is 4.84. The molecule has 5 heterocycles. The van der Waals surface area contributed by atoms with Crippen LogP contribution in [-0.4, -0.2) is 20.4 Å². The van der Waals surface area contributed by atoms with Crippen molar-refractivity contribution in [1.29, 1.82) is 0 Å². The summed E-state index contributed by atoms with van der Waals surface area (Å²) in [4.78, 5) is 2.45. The van der Waals surface area contributed by atoms with E-state index in [1.54, 1.807) is 0 Å². The Labute approximate surface area is 394 Å². The van der Waals surface area contributed by atoms with Gasteiger partial charge < -0.3 is 18.6 Å². The lowest BCUT2D eigenvalue weighted by atomic mass is 9.30. The second-order valence-corrected chi connectivity index (χ2v) is 19.2. The van der Waals surface area contributed by atoms with Gasteiger partial charge in [0.2, 0.25) is 6.71 Å². The zero-order valence-electron chi connectivity index (χ0n) is 37.7. The van der Waals surface area contributed by atoms with Crippen molar-refractivity contribution in [3.63, 3.8) is 0 Å². The first-order valence-corrected chi connectivity index (χ1v) is 23.8. The van der Waals surface area contributed by atoms with Crippen LogP contribution in [0.2, 0.25) is 0 Å². The van der Waals surface area contributed by atoms with E-state index >= 15 is 0 Å². The summed E-state index contributed by atoms with van der Waals surface area (Å²) < 4.78 is 7.81. The predicted molar refractivity (Wildman–Crippen MR) is 287 cm³/mol. The minimum atomic E-state index is -0.299. The lowest BCUT2D eigenvalue weighted by molar-refractivity contribution is 0.645. The van der Waals surface area contributed by atoms with Crippen molar-refractivity contribution in [3.8, 4) is 17.1 Å². The summed E-state index contributed by atoms with van der Waals surface area (Å²) in [5, 5.41) is 7.54. The fourth-order valence-corrected chi connectivity index (χ4v) is 12.7. The first kappa shape index (κ1) is 37.7. The normalized spacial score (nSPS) is 13.5. The highest BCUT2D eigenvalue weighted by Gasteiger charge is 2.46. The van der Waals surface area contributed by atoms with E-state index in [0.29, 0.717) is 0 Å². The summed E-state index contributed by atoms with van der Waals surface area (Å²) >= 11 is 0. The standard InChI is InChI=1S/C63H43BN4/c1-63(2)48-33-17-18-34-50(48)64-51-35-21-32-47-57-61-55(45-30-15-19-36-52(45)67(61)43-28-13-6-14-29-43)60-56(46-31-16-20-37-53(46)66(60)42-26-11-5-12-27-42)62(57)68(59(47)51)54-39-44(38-49(63)58(54)64)65(40-22-7-3-8-23-40)41-24-9-4-10-25-41/h3-39H,1-2H3. The van der Waals surface area contributed by atoms with E-state index in [0.717, 1.165) is 28.4 Å². The highest BCUT2D eigenvalue weighted by Crippen LogP contribution is 2.52. The highest BCUT2D eigenvalue weighted by atomic mass is 15.1. The molecule has 0 saturated heterocycles. The molecule has 2 aliphatic rings. The summed E-state index contributed by atoms with van der Waals surface area (Å²) in [5.74, 6) is 0. The Morgan fingerprint density at radius 1 is 0.368 bits per heavy atom. The molecule has 0 spiro atoms. The topological polar surface area (TPSA) is 18.0 Å². The molecule has 68 heavy (non-hydrogen) atoms. The first-order valence-electron chi connectivity index (χ1n) is 23.8. The van der Waals surface area contributed by atoms with Crippen LogP contribution in [0.4, 0.5) is 17.1 Å². The fraction of sp³-hybridized carbons (Fsp3) is 0.0476. The molecular weight excluding hydrogens is 824 g/mol. The van der Waals surface area contributed by atoms with Gasteiger partial charge in [-0.1, -0.05) is 171 Å². The first-order chi connectivity index (χ1) is 33.6. The number of hydrogen-bond acceptors (Lipinski definition) is 1. The average Bonchev–Trinajstić information content (AvgIpc) is 4.04. The van der Waals surface area contributed by atoms with Gasteiger partial charge in [-0.3, -0.25) is 0 Å². The number of benzene rings is 10. The molecule has 318 valence electrons. The monoisotopic (exact) mass is 866 g/mol. The molecule has 0 unspecified atom stereocenters. The molecule has 5 heteroatoms. The van der Waals surface area contributed by atoms with E-state index < -0.39 is 0 Å². The second kappa shape index (κ2) is 13.8. The third-order valence-corrected chi connectivity index (χ3v) is 15.4. The molecule has 15 rings (SSSR count). The minimum absolute atomic E-state index is 0.0392. The van der Waals surface area contributed by atoms with Crippen LogP contribution in [0.5, 0.6) is 0 Å². The van der Waals surface area contributed by atoms with Crippen molar-refractivity contribution in [2.75, 3.05) is 4.90 Å². The zero-order valence-corrected chi connectivity index (χ0v) is 37.7. The number of para-hydroxylation sites is 7. The number of hydrogen-bond donors (Lipinski definition) is 0. The van der Waals surface area contributed by atoms with Crippen molar-refractivity contribution in [2.24, 2.45) is 0 Å². The minimum Gasteiger partial charge on any atom is -0.310 e. The molecule has 3 aromatic heterocycles. The van der Waals surface area contributed by atoms with Gasteiger partial charge in [-0.2, -0.15) is 0 Å². The highest BCUT2D eigenvalue weighted by molar-refractivity contribution is 6.99. The molecule has 0 amide bonds. The smallest absolute Gasteiger partial charge is 0.247 e. The molecular formula is C63H43BN4. The molecule has 0 aliphatic carbocycles. The molecule has 2 aliphatic heterocycles. The molecule has 0 N–H and O–H groups in total. The number of anilines is 3. The van der Waals surface area contributed by atoms with Crippen LogP contribution < -0.4 is 21.3 Å². The maximum absolute atomic E-state index is 2.72. The van der Waals surface area contributed by atoms with E-state index in [2.05, 4.69) is 257 Å². The van der Waals surface area contributed by atoms with Crippen LogP contribution in [-0.2, 0) is 5.41 Å². The van der Waals surface area contributed by atoms with E-state index in [1.807, 2.05) is 0 Å². The molecule has 0 saturated carbocycles. The van der Waals surface area contributed by atoms with Gasteiger partial charge in [0, 0.05) is 77.4 Å². The molecule has 0 radical (unpaired) electrons. The van der Waals surface area contributed by atoms with Gasteiger partial charge >= 0.3 is 0 Å². The van der Waals surface area contributed by atoms with Gasteiger partial charge in [-0.15, -0.1) is 0 Å². The molecule has 0 fully saturated rings. The van der Waals surface area contributed by atoms with Crippen LogP contribution in [0.25, 0.3) is 82.5 Å². The van der Waals surface area contributed by atoms with Crippen LogP contribution in [0.1, 0.15) is 25.0 Å². The van der Waals surface area contributed by atoms with Crippen LogP contribution in [0.15, 0.2) is 224 Å². The number of rotatable bonds is 5. The molecule has 0 bridgehead atoms. The van der Waals surface area contributed by atoms with Gasteiger partial charge in [0.15, 0.2) is 0 Å². The fourth-order valence-electron chi connectivity index (χ4n) is 12.7. The van der Waals surface area contributed by atoms with Crippen molar-refractivity contribution >= 4 is 106 Å². The Kier molecular flexibility index (Phi) is 7.62. The Morgan fingerprint density at radius 2 is 0.824 bits per heavy atom.